The van der Waals surface area contributed by atoms with E-state index in [9.17, 15) is 0 Å². The molecule has 2 rings (SSSR count). The van der Waals surface area contributed by atoms with Crippen molar-refractivity contribution in [1.82, 2.24) is 9.97 Å². The van der Waals surface area contributed by atoms with Crippen molar-refractivity contribution in [3.63, 3.8) is 0 Å². The van der Waals surface area contributed by atoms with Gasteiger partial charge in [-0.25, -0.2) is 4.98 Å². The lowest BCUT2D eigenvalue weighted by Crippen LogP contribution is -1.98. The van der Waals surface area contributed by atoms with Gasteiger partial charge in [-0.05, 0) is 24.1 Å². The largest absolute Gasteiger partial charge is 0.349 e. The summed E-state index contributed by atoms with van der Waals surface area (Å²) in [5.41, 5.74) is 2.27. The molecule has 4 heteroatoms. The third-order valence-corrected chi connectivity index (χ3v) is 3.57. The number of aromatic amines is 1. The van der Waals surface area contributed by atoms with Gasteiger partial charge in [0.2, 0.25) is 0 Å². The zero-order valence-electron chi connectivity index (χ0n) is 8.87. The van der Waals surface area contributed by atoms with Crippen LogP contribution in [0.4, 0.5) is 0 Å². The first-order valence-corrected chi connectivity index (χ1v) is 6.34. The standard InChI is InChI=1S/C12H12BrClN2/c1-8-2-3-9(11(14)6-8)10(13)7-12-15-4-5-16-12/h2-6,10H,7H2,1H3,(H,15,16). The van der Waals surface area contributed by atoms with E-state index in [1.807, 2.05) is 19.2 Å². The van der Waals surface area contributed by atoms with Gasteiger partial charge in [0.05, 0.1) is 0 Å². The van der Waals surface area contributed by atoms with E-state index in [-0.39, 0.29) is 4.83 Å². The molecule has 0 spiro atoms. The Kier molecular flexibility index (Phi) is 3.66. The fourth-order valence-corrected chi connectivity index (χ4v) is 2.78. The van der Waals surface area contributed by atoms with Crippen LogP contribution in [0, 0.1) is 6.92 Å². The number of halogens is 2. The van der Waals surface area contributed by atoms with E-state index in [2.05, 4.69) is 38.0 Å². The van der Waals surface area contributed by atoms with Crippen LogP contribution in [0.3, 0.4) is 0 Å². The molecular weight excluding hydrogens is 288 g/mol. The molecule has 1 N–H and O–H groups in total. The van der Waals surface area contributed by atoms with Gasteiger partial charge in [-0.3, -0.25) is 0 Å². The first-order chi connectivity index (χ1) is 7.66. The maximum absolute atomic E-state index is 6.20. The zero-order valence-corrected chi connectivity index (χ0v) is 11.2. The minimum absolute atomic E-state index is 0.187. The molecule has 1 heterocycles. The maximum Gasteiger partial charge on any atom is 0.107 e. The average Bonchev–Trinajstić information content (AvgIpc) is 2.70. The van der Waals surface area contributed by atoms with Gasteiger partial charge >= 0.3 is 0 Å². The molecule has 1 aromatic carbocycles. The first-order valence-electron chi connectivity index (χ1n) is 5.05. The molecule has 1 unspecified atom stereocenters. The number of aryl methyl sites for hydroxylation is 1. The Morgan fingerprint density at radius 3 is 2.94 bits per heavy atom. The lowest BCUT2D eigenvalue weighted by molar-refractivity contribution is 0.876. The molecule has 2 aromatic rings. The summed E-state index contributed by atoms with van der Waals surface area (Å²) in [6, 6.07) is 6.10. The number of imidazole rings is 1. The number of nitrogens with zero attached hydrogens (tertiary/aromatic N) is 1. The highest BCUT2D eigenvalue weighted by atomic mass is 79.9. The Morgan fingerprint density at radius 2 is 2.31 bits per heavy atom. The highest BCUT2D eigenvalue weighted by Crippen LogP contribution is 2.32. The Labute approximate surface area is 108 Å². The molecule has 0 saturated heterocycles. The number of benzene rings is 1. The first kappa shape index (κ1) is 11.7. The molecule has 0 fully saturated rings. The minimum atomic E-state index is 0.187. The molecule has 84 valence electrons. The van der Waals surface area contributed by atoms with E-state index in [1.54, 1.807) is 6.20 Å². The van der Waals surface area contributed by atoms with Crippen molar-refractivity contribution in [2.45, 2.75) is 18.2 Å². The topological polar surface area (TPSA) is 28.7 Å². The molecule has 0 saturated carbocycles. The predicted octanol–water partition coefficient (Wildman–Crippen LogP) is 4.05. The second-order valence-electron chi connectivity index (χ2n) is 3.73. The van der Waals surface area contributed by atoms with Crippen LogP contribution in [0.5, 0.6) is 0 Å². The van der Waals surface area contributed by atoms with Crippen molar-refractivity contribution in [2.24, 2.45) is 0 Å². The number of nitrogens with one attached hydrogen (secondary N) is 1. The fraction of sp³-hybridized carbons (Fsp3) is 0.250. The van der Waals surface area contributed by atoms with Crippen molar-refractivity contribution in [2.75, 3.05) is 0 Å². The molecular formula is C12H12BrClN2. The number of alkyl halides is 1. The van der Waals surface area contributed by atoms with Crippen molar-refractivity contribution < 1.29 is 0 Å². The number of hydrogen-bond acceptors (Lipinski definition) is 1. The SMILES string of the molecule is Cc1ccc(C(Br)Cc2ncc[nH]2)c(Cl)c1. The summed E-state index contributed by atoms with van der Waals surface area (Å²) in [5, 5.41) is 0.799. The normalized spacial score (nSPS) is 12.7. The number of aromatic nitrogens is 2. The Bertz CT molecular complexity index is 468. The smallest absolute Gasteiger partial charge is 0.107 e. The van der Waals surface area contributed by atoms with E-state index in [1.165, 1.54) is 5.56 Å². The van der Waals surface area contributed by atoms with Gasteiger partial charge in [0.25, 0.3) is 0 Å². The average molecular weight is 300 g/mol. The molecule has 1 atom stereocenters. The second-order valence-corrected chi connectivity index (χ2v) is 5.25. The fourth-order valence-electron chi connectivity index (χ4n) is 1.58. The molecule has 0 aliphatic heterocycles. The summed E-state index contributed by atoms with van der Waals surface area (Å²) < 4.78 is 0. The van der Waals surface area contributed by atoms with Gasteiger partial charge in [-0.1, -0.05) is 39.7 Å². The Hall–Kier alpha value is -0.800. The van der Waals surface area contributed by atoms with E-state index < -0.39 is 0 Å². The van der Waals surface area contributed by atoms with E-state index in [0.717, 1.165) is 22.8 Å². The summed E-state index contributed by atoms with van der Waals surface area (Å²) in [6.07, 6.45) is 4.38. The molecule has 0 bridgehead atoms. The van der Waals surface area contributed by atoms with E-state index in [4.69, 9.17) is 11.6 Å². The third-order valence-electron chi connectivity index (χ3n) is 2.42. The molecule has 16 heavy (non-hydrogen) atoms. The summed E-state index contributed by atoms with van der Waals surface area (Å²) in [6.45, 7) is 2.03. The minimum Gasteiger partial charge on any atom is -0.349 e. The van der Waals surface area contributed by atoms with Crippen molar-refractivity contribution in [1.29, 1.82) is 0 Å². The molecule has 1 aromatic heterocycles. The third kappa shape index (κ3) is 2.66. The molecule has 0 aliphatic carbocycles. The Morgan fingerprint density at radius 1 is 1.50 bits per heavy atom. The van der Waals surface area contributed by atoms with Crippen LogP contribution < -0.4 is 0 Å². The number of hydrogen-bond donors (Lipinski definition) is 1. The number of rotatable bonds is 3. The van der Waals surface area contributed by atoms with Crippen LogP contribution in [-0.4, -0.2) is 9.97 Å². The number of H-pyrrole nitrogens is 1. The zero-order chi connectivity index (χ0) is 11.5. The monoisotopic (exact) mass is 298 g/mol. The molecule has 0 aliphatic rings. The quantitative estimate of drug-likeness (QED) is 0.851. The van der Waals surface area contributed by atoms with Gasteiger partial charge in [0.15, 0.2) is 0 Å². The van der Waals surface area contributed by atoms with Gasteiger partial charge in [-0.15, -0.1) is 0 Å². The summed E-state index contributed by atoms with van der Waals surface area (Å²) in [5.74, 6) is 0.957. The van der Waals surface area contributed by atoms with Crippen LogP contribution in [-0.2, 0) is 6.42 Å². The molecule has 0 radical (unpaired) electrons. The lowest BCUT2D eigenvalue weighted by Gasteiger charge is -2.11. The second kappa shape index (κ2) is 5.02. The lowest BCUT2D eigenvalue weighted by atomic mass is 10.1. The van der Waals surface area contributed by atoms with Gasteiger partial charge in [-0.2, -0.15) is 0 Å². The van der Waals surface area contributed by atoms with E-state index in [0.29, 0.717) is 0 Å². The predicted molar refractivity (Wildman–Crippen MR) is 70.1 cm³/mol. The van der Waals surface area contributed by atoms with Crippen molar-refractivity contribution >= 4 is 27.5 Å². The van der Waals surface area contributed by atoms with Crippen molar-refractivity contribution in [3.8, 4) is 0 Å². The highest BCUT2D eigenvalue weighted by Gasteiger charge is 2.13. The molecule has 2 nitrogen and oxygen atoms in total. The van der Waals surface area contributed by atoms with Gasteiger partial charge in [0, 0.05) is 28.7 Å². The highest BCUT2D eigenvalue weighted by molar-refractivity contribution is 9.09. The van der Waals surface area contributed by atoms with Gasteiger partial charge in [0.1, 0.15) is 5.82 Å². The van der Waals surface area contributed by atoms with Crippen molar-refractivity contribution in [3.05, 3.63) is 52.6 Å². The van der Waals surface area contributed by atoms with Crippen LogP contribution >= 0.6 is 27.5 Å². The Balaban J connectivity index is 2.17. The van der Waals surface area contributed by atoms with Crippen LogP contribution in [0.1, 0.15) is 21.8 Å². The maximum atomic E-state index is 6.20. The summed E-state index contributed by atoms with van der Waals surface area (Å²) in [4.78, 5) is 7.47. The summed E-state index contributed by atoms with van der Waals surface area (Å²) >= 11 is 9.84. The summed E-state index contributed by atoms with van der Waals surface area (Å²) in [7, 11) is 0. The van der Waals surface area contributed by atoms with Crippen LogP contribution in [0.15, 0.2) is 30.6 Å². The molecule has 0 amide bonds. The van der Waals surface area contributed by atoms with E-state index >= 15 is 0 Å². The van der Waals surface area contributed by atoms with Gasteiger partial charge < -0.3 is 4.98 Å². The van der Waals surface area contributed by atoms with Crippen LogP contribution in [0.25, 0.3) is 0 Å². The van der Waals surface area contributed by atoms with Crippen LogP contribution in [0.2, 0.25) is 5.02 Å².